The number of benzene rings is 2. The van der Waals surface area contributed by atoms with Crippen molar-refractivity contribution in [2.24, 2.45) is 5.92 Å². The summed E-state index contributed by atoms with van der Waals surface area (Å²) in [5.41, 5.74) is 5.93. The van der Waals surface area contributed by atoms with Gasteiger partial charge in [0.05, 0.1) is 5.92 Å². The molecule has 1 saturated heterocycles. The van der Waals surface area contributed by atoms with Gasteiger partial charge in [-0.05, 0) is 73.4 Å². The van der Waals surface area contributed by atoms with Crippen LogP contribution in [0.15, 0.2) is 36.4 Å². The van der Waals surface area contributed by atoms with Gasteiger partial charge in [-0.1, -0.05) is 39.0 Å². The number of rotatable bonds is 3. The van der Waals surface area contributed by atoms with Gasteiger partial charge in [-0.2, -0.15) is 0 Å². The van der Waals surface area contributed by atoms with Gasteiger partial charge in [-0.15, -0.1) is 0 Å². The van der Waals surface area contributed by atoms with E-state index in [1.165, 1.54) is 22.3 Å². The second kappa shape index (κ2) is 7.33. The average molecular weight is 408 g/mol. The predicted octanol–water partition coefficient (Wildman–Crippen LogP) is 5.67. The normalized spacial score (nSPS) is 18.8. The molecule has 0 amide bonds. The molecule has 0 aliphatic carbocycles. The SMILES string of the molecule is CC1(C)CCCc2c(cc(C(C)(C)C)cc2-c2cccc(N3CC(C(=O)O)C3)c2)O1. The first-order valence-corrected chi connectivity index (χ1v) is 11.0. The minimum atomic E-state index is -0.703. The topological polar surface area (TPSA) is 49.8 Å². The smallest absolute Gasteiger partial charge is 0.310 e. The number of carboxylic acids is 1. The van der Waals surface area contributed by atoms with E-state index in [4.69, 9.17) is 4.74 Å². The molecule has 0 radical (unpaired) electrons. The Morgan fingerprint density at radius 2 is 1.90 bits per heavy atom. The number of ether oxygens (including phenoxy) is 1. The zero-order valence-corrected chi connectivity index (χ0v) is 18.8. The maximum atomic E-state index is 11.2. The van der Waals surface area contributed by atoms with E-state index in [0.717, 1.165) is 30.7 Å². The highest BCUT2D eigenvalue weighted by atomic mass is 16.5. The Morgan fingerprint density at radius 3 is 2.57 bits per heavy atom. The van der Waals surface area contributed by atoms with E-state index in [-0.39, 0.29) is 16.9 Å². The molecule has 4 rings (SSSR count). The number of anilines is 1. The van der Waals surface area contributed by atoms with E-state index >= 15 is 0 Å². The molecule has 1 fully saturated rings. The Labute approximate surface area is 179 Å². The lowest BCUT2D eigenvalue weighted by atomic mass is 9.83. The summed E-state index contributed by atoms with van der Waals surface area (Å²) in [5.74, 6) is 0.0513. The molecule has 0 spiro atoms. The average Bonchev–Trinajstić information content (AvgIpc) is 2.75. The summed E-state index contributed by atoms with van der Waals surface area (Å²) in [6.07, 6.45) is 3.15. The first kappa shape index (κ1) is 20.8. The lowest BCUT2D eigenvalue weighted by Gasteiger charge is -2.38. The van der Waals surface area contributed by atoms with Crippen molar-refractivity contribution in [3.63, 3.8) is 0 Å². The van der Waals surface area contributed by atoms with E-state index in [0.29, 0.717) is 13.1 Å². The second-order valence-electron chi connectivity index (χ2n) is 10.5. The van der Waals surface area contributed by atoms with E-state index in [1.54, 1.807) is 0 Å². The fourth-order valence-corrected chi connectivity index (χ4v) is 4.44. The highest BCUT2D eigenvalue weighted by Crippen LogP contribution is 2.42. The predicted molar refractivity (Wildman–Crippen MR) is 122 cm³/mol. The standard InChI is InChI=1S/C26H33NO3/c1-25(2,3)19-13-22(21-10-7-11-26(4,5)30-23(21)14-19)17-8-6-9-20(12-17)27-15-18(16-27)24(28)29/h6,8-9,12-14,18H,7,10-11,15-16H2,1-5H3,(H,28,29). The van der Waals surface area contributed by atoms with Gasteiger partial charge in [0.1, 0.15) is 11.4 Å². The lowest BCUT2D eigenvalue weighted by molar-refractivity contribution is -0.142. The van der Waals surface area contributed by atoms with Crippen molar-refractivity contribution >= 4 is 11.7 Å². The largest absolute Gasteiger partial charge is 0.488 e. The van der Waals surface area contributed by atoms with Crippen LogP contribution in [0.3, 0.4) is 0 Å². The number of nitrogens with zero attached hydrogens (tertiary/aromatic N) is 1. The van der Waals surface area contributed by atoms with Crippen LogP contribution in [0.1, 0.15) is 58.6 Å². The van der Waals surface area contributed by atoms with Crippen LogP contribution in [-0.2, 0) is 16.6 Å². The van der Waals surface area contributed by atoms with Crippen molar-refractivity contribution in [2.75, 3.05) is 18.0 Å². The fraction of sp³-hybridized carbons (Fsp3) is 0.500. The van der Waals surface area contributed by atoms with Crippen molar-refractivity contribution in [3.8, 4) is 16.9 Å². The molecule has 2 aromatic rings. The van der Waals surface area contributed by atoms with Crippen LogP contribution in [0.4, 0.5) is 5.69 Å². The molecule has 2 heterocycles. The lowest BCUT2D eigenvalue weighted by Crippen LogP contribution is -2.50. The van der Waals surface area contributed by atoms with E-state index in [1.807, 2.05) is 0 Å². The van der Waals surface area contributed by atoms with Crippen molar-refractivity contribution in [1.29, 1.82) is 0 Å². The van der Waals surface area contributed by atoms with Gasteiger partial charge in [0, 0.05) is 24.3 Å². The quantitative estimate of drug-likeness (QED) is 0.713. The third-order valence-electron chi connectivity index (χ3n) is 6.42. The van der Waals surface area contributed by atoms with Gasteiger partial charge in [-0.3, -0.25) is 4.79 Å². The Kier molecular flexibility index (Phi) is 5.08. The molecule has 0 unspecified atom stereocenters. The second-order valence-corrected chi connectivity index (χ2v) is 10.5. The minimum absolute atomic E-state index is 0.0212. The Morgan fingerprint density at radius 1 is 1.17 bits per heavy atom. The molecule has 2 aromatic carbocycles. The molecule has 4 heteroatoms. The Balaban J connectivity index is 1.77. The van der Waals surface area contributed by atoms with Gasteiger partial charge in [-0.25, -0.2) is 0 Å². The fourth-order valence-electron chi connectivity index (χ4n) is 4.44. The summed E-state index contributed by atoms with van der Waals surface area (Å²) in [4.78, 5) is 13.3. The molecule has 0 atom stereocenters. The molecule has 0 bridgehead atoms. The third kappa shape index (κ3) is 4.05. The first-order valence-electron chi connectivity index (χ1n) is 11.0. The summed E-state index contributed by atoms with van der Waals surface area (Å²) in [5, 5.41) is 9.20. The molecular formula is C26H33NO3. The summed E-state index contributed by atoms with van der Waals surface area (Å²) in [6, 6.07) is 13.1. The van der Waals surface area contributed by atoms with E-state index in [2.05, 4.69) is 75.9 Å². The van der Waals surface area contributed by atoms with Gasteiger partial charge in [0.2, 0.25) is 0 Å². The van der Waals surface area contributed by atoms with Crippen molar-refractivity contribution in [3.05, 3.63) is 47.5 Å². The number of hydrogen-bond acceptors (Lipinski definition) is 3. The number of carboxylic acid groups (broad SMARTS) is 1. The van der Waals surface area contributed by atoms with Gasteiger partial charge >= 0.3 is 5.97 Å². The van der Waals surface area contributed by atoms with Gasteiger partial charge < -0.3 is 14.7 Å². The maximum absolute atomic E-state index is 11.2. The highest BCUT2D eigenvalue weighted by molar-refractivity contribution is 5.77. The molecule has 160 valence electrons. The van der Waals surface area contributed by atoms with Crippen LogP contribution < -0.4 is 9.64 Å². The third-order valence-corrected chi connectivity index (χ3v) is 6.42. The van der Waals surface area contributed by atoms with E-state index in [9.17, 15) is 9.90 Å². The zero-order chi connectivity index (χ0) is 21.7. The molecule has 1 N–H and O–H groups in total. The number of aliphatic carboxylic acids is 1. The number of hydrogen-bond donors (Lipinski definition) is 1. The molecule has 2 aliphatic heterocycles. The van der Waals surface area contributed by atoms with Gasteiger partial charge in [0.15, 0.2) is 0 Å². The van der Waals surface area contributed by atoms with Crippen LogP contribution in [0.2, 0.25) is 0 Å². The Hall–Kier alpha value is -2.49. The maximum Gasteiger partial charge on any atom is 0.310 e. The van der Waals surface area contributed by atoms with Crippen molar-refractivity contribution in [1.82, 2.24) is 0 Å². The van der Waals surface area contributed by atoms with Crippen LogP contribution in [0, 0.1) is 5.92 Å². The summed E-state index contributed by atoms with van der Waals surface area (Å²) in [7, 11) is 0. The monoisotopic (exact) mass is 407 g/mol. The zero-order valence-electron chi connectivity index (χ0n) is 18.8. The van der Waals surface area contributed by atoms with Crippen LogP contribution in [0.25, 0.3) is 11.1 Å². The van der Waals surface area contributed by atoms with Crippen LogP contribution in [-0.4, -0.2) is 29.8 Å². The molecule has 0 aromatic heterocycles. The van der Waals surface area contributed by atoms with Crippen LogP contribution in [0.5, 0.6) is 5.75 Å². The van der Waals surface area contributed by atoms with Crippen molar-refractivity contribution < 1.29 is 14.6 Å². The molecular weight excluding hydrogens is 374 g/mol. The molecule has 0 saturated carbocycles. The summed E-state index contributed by atoms with van der Waals surface area (Å²) >= 11 is 0. The molecule has 30 heavy (non-hydrogen) atoms. The summed E-state index contributed by atoms with van der Waals surface area (Å²) < 4.78 is 6.52. The van der Waals surface area contributed by atoms with Crippen molar-refractivity contribution in [2.45, 2.75) is 64.9 Å². The number of fused-ring (bicyclic) bond motifs is 1. The Bertz CT molecular complexity index is 965. The van der Waals surface area contributed by atoms with E-state index < -0.39 is 5.97 Å². The van der Waals surface area contributed by atoms with Gasteiger partial charge in [0.25, 0.3) is 0 Å². The summed E-state index contributed by atoms with van der Waals surface area (Å²) in [6.45, 7) is 12.2. The molecule has 2 aliphatic rings. The minimum Gasteiger partial charge on any atom is -0.488 e. The highest BCUT2D eigenvalue weighted by Gasteiger charge is 2.33. The first-order chi connectivity index (χ1) is 14.0. The van der Waals surface area contributed by atoms with Crippen LogP contribution >= 0.6 is 0 Å². The number of carbonyl (C=O) groups is 1. The molecule has 4 nitrogen and oxygen atoms in total.